The molecule has 0 saturated carbocycles. The maximum Gasteiger partial charge on any atom is 0.251 e. The molecular weight excluding hydrogens is 267 g/mol. The van der Waals surface area contributed by atoms with E-state index >= 15 is 0 Å². The summed E-state index contributed by atoms with van der Waals surface area (Å²) >= 11 is 0. The first-order valence-corrected chi connectivity index (χ1v) is 6.97. The SMILES string of the molecule is CCNc1ccc(C(=O)NCc2ccc(F)cc2)c(C)c1. The Labute approximate surface area is 124 Å². The van der Waals surface area contributed by atoms with Crippen molar-refractivity contribution in [2.45, 2.75) is 20.4 Å². The molecule has 0 atom stereocenters. The molecule has 0 aromatic heterocycles. The van der Waals surface area contributed by atoms with Crippen LogP contribution in [0.1, 0.15) is 28.4 Å². The molecule has 110 valence electrons. The highest BCUT2D eigenvalue weighted by Gasteiger charge is 2.09. The summed E-state index contributed by atoms with van der Waals surface area (Å²) in [7, 11) is 0. The zero-order chi connectivity index (χ0) is 15.2. The fraction of sp³-hybridized carbons (Fsp3) is 0.235. The summed E-state index contributed by atoms with van der Waals surface area (Å²) in [6, 6.07) is 11.8. The molecule has 2 aromatic carbocycles. The summed E-state index contributed by atoms with van der Waals surface area (Å²) in [5.41, 5.74) is 3.44. The van der Waals surface area contributed by atoms with Crippen LogP contribution in [0.25, 0.3) is 0 Å². The van der Waals surface area contributed by atoms with E-state index in [-0.39, 0.29) is 11.7 Å². The smallest absolute Gasteiger partial charge is 0.251 e. The third-order valence-corrected chi connectivity index (χ3v) is 3.22. The van der Waals surface area contributed by atoms with Crippen molar-refractivity contribution in [3.8, 4) is 0 Å². The lowest BCUT2D eigenvalue weighted by atomic mass is 10.1. The highest BCUT2D eigenvalue weighted by Crippen LogP contribution is 2.15. The zero-order valence-corrected chi connectivity index (χ0v) is 12.2. The Hall–Kier alpha value is -2.36. The number of hydrogen-bond donors (Lipinski definition) is 2. The number of benzene rings is 2. The van der Waals surface area contributed by atoms with Gasteiger partial charge in [0, 0.05) is 24.3 Å². The van der Waals surface area contributed by atoms with E-state index in [0.29, 0.717) is 12.1 Å². The average molecular weight is 286 g/mol. The van der Waals surface area contributed by atoms with Crippen molar-refractivity contribution >= 4 is 11.6 Å². The first kappa shape index (κ1) is 15.0. The van der Waals surface area contributed by atoms with Crippen molar-refractivity contribution in [2.24, 2.45) is 0 Å². The van der Waals surface area contributed by atoms with E-state index in [9.17, 15) is 9.18 Å². The number of anilines is 1. The molecule has 1 amide bonds. The van der Waals surface area contributed by atoms with Gasteiger partial charge in [0.1, 0.15) is 5.82 Å². The van der Waals surface area contributed by atoms with Gasteiger partial charge in [-0.05, 0) is 55.3 Å². The van der Waals surface area contributed by atoms with Crippen LogP contribution in [0.3, 0.4) is 0 Å². The Kier molecular flexibility index (Phi) is 4.93. The van der Waals surface area contributed by atoms with Gasteiger partial charge in [0.2, 0.25) is 0 Å². The number of amides is 1. The van der Waals surface area contributed by atoms with Crippen molar-refractivity contribution in [1.29, 1.82) is 0 Å². The molecule has 0 saturated heterocycles. The molecule has 0 aliphatic carbocycles. The summed E-state index contributed by atoms with van der Waals surface area (Å²) in [5, 5.41) is 6.06. The van der Waals surface area contributed by atoms with Crippen LogP contribution in [0.5, 0.6) is 0 Å². The van der Waals surface area contributed by atoms with Gasteiger partial charge in [-0.1, -0.05) is 12.1 Å². The summed E-state index contributed by atoms with van der Waals surface area (Å²) in [6.07, 6.45) is 0. The number of nitrogens with one attached hydrogen (secondary N) is 2. The molecule has 3 nitrogen and oxygen atoms in total. The van der Waals surface area contributed by atoms with Gasteiger partial charge >= 0.3 is 0 Å². The molecule has 4 heteroatoms. The van der Waals surface area contributed by atoms with Gasteiger partial charge < -0.3 is 10.6 Å². The summed E-state index contributed by atoms with van der Waals surface area (Å²) in [5.74, 6) is -0.403. The van der Waals surface area contributed by atoms with Crippen LogP contribution < -0.4 is 10.6 Å². The van der Waals surface area contributed by atoms with Crippen molar-refractivity contribution in [3.63, 3.8) is 0 Å². The Balaban J connectivity index is 2.01. The lowest BCUT2D eigenvalue weighted by Crippen LogP contribution is -2.23. The number of halogens is 1. The predicted molar refractivity (Wildman–Crippen MR) is 82.9 cm³/mol. The van der Waals surface area contributed by atoms with Crippen LogP contribution in [0.4, 0.5) is 10.1 Å². The van der Waals surface area contributed by atoms with Gasteiger partial charge in [-0.15, -0.1) is 0 Å². The van der Waals surface area contributed by atoms with Crippen molar-refractivity contribution < 1.29 is 9.18 Å². The second-order valence-electron chi connectivity index (χ2n) is 4.87. The van der Waals surface area contributed by atoms with Crippen molar-refractivity contribution in [3.05, 3.63) is 65.0 Å². The van der Waals surface area contributed by atoms with E-state index in [4.69, 9.17) is 0 Å². The largest absolute Gasteiger partial charge is 0.385 e. The minimum absolute atomic E-state index is 0.125. The quantitative estimate of drug-likeness (QED) is 0.883. The second kappa shape index (κ2) is 6.88. The second-order valence-corrected chi connectivity index (χ2v) is 4.87. The van der Waals surface area contributed by atoms with Gasteiger partial charge in [0.25, 0.3) is 5.91 Å². The molecule has 0 spiro atoms. The number of rotatable bonds is 5. The Morgan fingerprint density at radius 1 is 1.14 bits per heavy atom. The van der Waals surface area contributed by atoms with Crippen LogP contribution in [0, 0.1) is 12.7 Å². The molecule has 0 bridgehead atoms. The Morgan fingerprint density at radius 3 is 2.48 bits per heavy atom. The molecule has 0 aliphatic heterocycles. The molecule has 0 fully saturated rings. The van der Waals surface area contributed by atoms with E-state index in [1.54, 1.807) is 12.1 Å². The predicted octanol–water partition coefficient (Wildman–Crippen LogP) is 3.50. The summed E-state index contributed by atoms with van der Waals surface area (Å²) in [6.45, 7) is 5.16. The number of hydrogen-bond acceptors (Lipinski definition) is 2. The fourth-order valence-electron chi connectivity index (χ4n) is 2.11. The van der Waals surface area contributed by atoms with Crippen LogP contribution >= 0.6 is 0 Å². The molecular formula is C17H19FN2O. The molecule has 21 heavy (non-hydrogen) atoms. The lowest BCUT2D eigenvalue weighted by Gasteiger charge is -2.10. The average Bonchev–Trinajstić information content (AvgIpc) is 2.47. The highest BCUT2D eigenvalue weighted by molar-refractivity contribution is 5.96. The lowest BCUT2D eigenvalue weighted by molar-refractivity contribution is 0.0950. The van der Waals surface area contributed by atoms with Crippen molar-refractivity contribution in [2.75, 3.05) is 11.9 Å². The van der Waals surface area contributed by atoms with E-state index in [1.807, 2.05) is 32.0 Å². The molecule has 0 aliphatic rings. The highest BCUT2D eigenvalue weighted by atomic mass is 19.1. The summed E-state index contributed by atoms with van der Waals surface area (Å²) in [4.78, 5) is 12.2. The number of carbonyl (C=O) groups is 1. The van der Waals surface area contributed by atoms with E-state index in [2.05, 4.69) is 10.6 Å². The Morgan fingerprint density at radius 2 is 1.86 bits per heavy atom. The van der Waals surface area contributed by atoms with E-state index in [1.165, 1.54) is 12.1 Å². The fourth-order valence-corrected chi connectivity index (χ4v) is 2.11. The van der Waals surface area contributed by atoms with Gasteiger partial charge in [0.15, 0.2) is 0 Å². The van der Waals surface area contributed by atoms with E-state index in [0.717, 1.165) is 23.4 Å². The maximum absolute atomic E-state index is 12.8. The van der Waals surface area contributed by atoms with Gasteiger partial charge in [-0.3, -0.25) is 4.79 Å². The molecule has 0 heterocycles. The van der Waals surface area contributed by atoms with Crippen LogP contribution in [-0.4, -0.2) is 12.5 Å². The summed E-state index contributed by atoms with van der Waals surface area (Å²) < 4.78 is 12.8. The van der Waals surface area contributed by atoms with Crippen LogP contribution in [0.15, 0.2) is 42.5 Å². The standard InChI is InChI=1S/C17H19FN2O/c1-3-19-15-8-9-16(12(2)10-15)17(21)20-11-13-4-6-14(18)7-5-13/h4-10,19H,3,11H2,1-2H3,(H,20,21). The van der Waals surface area contributed by atoms with Crippen LogP contribution in [0.2, 0.25) is 0 Å². The first-order valence-electron chi connectivity index (χ1n) is 6.97. The monoisotopic (exact) mass is 286 g/mol. The van der Waals surface area contributed by atoms with E-state index < -0.39 is 0 Å². The third kappa shape index (κ3) is 4.05. The minimum atomic E-state index is -0.278. The third-order valence-electron chi connectivity index (χ3n) is 3.22. The maximum atomic E-state index is 12.8. The molecule has 0 radical (unpaired) electrons. The minimum Gasteiger partial charge on any atom is -0.385 e. The molecule has 0 unspecified atom stereocenters. The normalized spacial score (nSPS) is 10.2. The first-order chi connectivity index (χ1) is 10.1. The topological polar surface area (TPSA) is 41.1 Å². The molecule has 2 aromatic rings. The van der Waals surface area contributed by atoms with Crippen LogP contribution in [-0.2, 0) is 6.54 Å². The number of carbonyl (C=O) groups excluding carboxylic acids is 1. The van der Waals surface area contributed by atoms with Gasteiger partial charge in [-0.2, -0.15) is 0 Å². The molecule has 2 N–H and O–H groups in total. The molecule has 2 rings (SSSR count). The van der Waals surface area contributed by atoms with Gasteiger partial charge in [-0.25, -0.2) is 4.39 Å². The zero-order valence-electron chi connectivity index (χ0n) is 12.2. The van der Waals surface area contributed by atoms with Gasteiger partial charge in [0.05, 0.1) is 0 Å². The van der Waals surface area contributed by atoms with Crippen molar-refractivity contribution in [1.82, 2.24) is 5.32 Å². The number of aryl methyl sites for hydroxylation is 1. The Bertz CT molecular complexity index is 623.